The molecule has 0 heterocycles. The molecule has 2 aromatic rings. The van der Waals surface area contributed by atoms with Crippen molar-refractivity contribution in [3.8, 4) is 11.5 Å². The lowest BCUT2D eigenvalue weighted by Crippen LogP contribution is -2.38. The van der Waals surface area contributed by atoms with Crippen LogP contribution in [0.5, 0.6) is 11.5 Å². The molecule has 2 aromatic carbocycles. The molecule has 0 unspecified atom stereocenters. The van der Waals surface area contributed by atoms with Crippen molar-refractivity contribution < 1.29 is 17.9 Å². The standard InChI is InChI=1S/C27H39NO4S2/c1-7-8-9-26(18-19-33-27(2,3)4)34(29,30)28(20-22-10-14-24(31-5)15-11-22)21-23-12-16-25(32-6)17-13-23/h7,10-17,26H,1,8-9,18-21H2,2-6H3/t26-/m1/s1. The van der Waals surface area contributed by atoms with E-state index in [-0.39, 0.29) is 4.75 Å². The second kappa shape index (κ2) is 13.2. The lowest BCUT2D eigenvalue weighted by atomic mass is 10.2. The Labute approximate surface area is 210 Å². The van der Waals surface area contributed by atoms with Crippen molar-refractivity contribution in [2.24, 2.45) is 0 Å². The third-order valence-corrected chi connectivity index (χ3v) is 9.08. The Bertz CT molecular complexity index is 931. The van der Waals surface area contributed by atoms with Crippen molar-refractivity contribution in [2.75, 3.05) is 20.0 Å². The molecule has 0 fully saturated rings. The van der Waals surface area contributed by atoms with Crippen LogP contribution in [0.1, 0.15) is 51.2 Å². The van der Waals surface area contributed by atoms with E-state index in [0.717, 1.165) is 28.4 Å². The van der Waals surface area contributed by atoms with Crippen molar-refractivity contribution in [1.82, 2.24) is 4.31 Å². The van der Waals surface area contributed by atoms with Gasteiger partial charge in [-0.05, 0) is 60.4 Å². The van der Waals surface area contributed by atoms with Gasteiger partial charge in [0.2, 0.25) is 10.0 Å². The molecular formula is C27H39NO4S2. The van der Waals surface area contributed by atoms with Crippen molar-refractivity contribution in [2.45, 2.75) is 63.1 Å². The summed E-state index contributed by atoms with van der Waals surface area (Å²) < 4.78 is 40.2. The van der Waals surface area contributed by atoms with Crippen LogP contribution in [-0.2, 0) is 23.1 Å². The predicted molar refractivity (Wildman–Crippen MR) is 144 cm³/mol. The Morgan fingerprint density at radius 3 is 1.76 bits per heavy atom. The zero-order valence-electron chi connectivity index (χ0n) is 21.1. The fourth-order valence-corrected chi connectivity index (χ4v) is 6.65. The molecule has 0 amide bonds. The molecule has 0 saturated heterocycles. The molecule has 0 radical (unpaired) electrons. The minimum absolute atomic E-state index is 0.0959. The zero-order chi connectivity index (χ0) is 25.2. The first-order chi connectivity index (χ1) is 16.1. The lowest BCUT2D eigenvalue weighted by Gasteiger charge is -2.29. The largest absolute Gasteiger partial charge is 0.497 e. The minimum atomic E-state index is -3.57. The van der Waals surface area contributed by atoms with Gasteiger partial charge < -0.3 is 9.47 Å². The van der Waals surface area contributed by atoms with Gasteiger partial charge in [-0.1, -0.05) is 51.1 Å². The molecule has 0 aromatic heterocycles. The first-order valence-corrected chi connectivity index (χ1v) is 14.1. The summed E-state index contributed by atoms with van der Waals surface area (Å²) in [6, 6.07) is 15.1. The Morgan fingerprint density at radius 1 is 0.912 bits per heavy atom. The highest BCUT2D eigenvalue weighted by Gasteiger charge is 2.32. The molecule has 188 valence electrons. The van der Waals surface area contributed by atoms with Crippen LogP contribution in [0.15, 0.2) is 61.2 Å². The number of hydrogen-bond acceptors (Lipinski definition) is 5. The van der Waals surface area contributed by atoms with Gasteiger partial charge in [0, 0.05) is 17.8 Å². The highest BCUT2D eigenvalue weighted by atomic mass is 32.2. The summed E-state index contributed by atoms with van der Waals surface area (Å²) in [6.45, 7) is 10.9. The summed E-state index contributed by atoms with van der Waals surface area (Å²) in [5.74, 6) is 2.29. The van der Waals surface area contributed by atoms with E-state index >= 15 is 0 Å². The smallest absolute Gasteiger partial charge is 0.217 e. The Morgan fingerprint density at radius 2 is 1.38 bits per heavy atom. The predicted octanol–water partition coefficient (Wildman–Crippen LogP) is 6.29. The number of sulfonamides is 1. The molecule has 0 bridgehead atoms. The fraction of sp³-hybridized carbons (Fsp3) is 0.481. The van der Waals surface area contributed by atoms with Crippen LogP contribution in [-0.4, -0.2) is 42.7 Å². The van der Waals surface area contributed by atoms with Crippen LogP contribution in [0.2, 0.25) is 0 Å². The molecule has 0 aliphatic carbocycles. The summed E-state index contributed by atoms with van der Waals surface area (Å²) in [6.07, 6.45) is 3.65. The maximum atomic E-state index is 14.0. The lowest BCUT2D eigenvalue weighted by molar-refractivity contribution is 0.388. The number of rotatable bonds is 14. The van der Waals surface area contributed by atoms with Crippen molar-refractivity contribution in [1.29, 1.82) is 0 Å². The third-order valence-electron chi connectivity index (χ3n) is 5.48. The van der Waals surface area contributed by atoms with Gasteiger partial charge >= 0.3 is 0 Å². The minimum Gasteiger partial charge on any atom is -0.497 e. The number of nitrogens with zero attached hydrogens (tertiary/aromatic N) is 1. The molecular weight excluding hydrogens is 466 g/mol. The first-order valence-electron chi connectivity index (χ1n) is 11.6. The van der Waals surface area contributed by atoms with Crippen LogP contribution >= 0.6 is 11.8 Å². The van der Waals surface area contributed by atoms with Gasteiger partial charge in [0.15, 0.2) is 0 Å². The van der Waals surface area contributed by atoms with E-state index in [9.17, 15) is 8.42 Å². The topological polar surface area (TPSA) is 55.8 Å². The fourth-order valence-electron chi connectivity index (χ4n) is 3.56. The number of hydrogen-bond donors (Lipinski definition) is 0. The Balaban J connectivity index is 2.34. The molecule has 0 spiro atoms. The van der Waals surface area contributed by atoms with Gasteiger partial charge in [-0.25, -0.2) is 8.42 Å². The van der Waals surface area contributed by atoms with Crippen molar-refractivity contribution in [3.05, 3.63) is 72.3 Å². The summed E-state index contributed by atoms with van der Waals surface area (Å²) >= 11 is 1.80. The second-order valence-electron chi connectivity index (χ2n) is 9.25. The van der Waals surface area contributed by atoms with Crippen LogP contribution < -0.4 is 9.47 Å². The van der Waals surface area contributed by atoms with Gasteiger partial charge in [0.05, 0.1) is 19.5 Å². The second-order valence-corrected chi connectivity index (χ2v) is 13.4. The van der Waals surface area contributed by atoms with Crippen LogP contribution in [0.4, 0.5) is 0 Å². The molecule has 0 N–H and O–H groups in total. The van der Waals surface area contributed by atoms with Crippen molar-refractivity contribution in [3.63, 3.8) is 0 Å². The van der Waals surface area contributed by atoms with Crippen LogP contribution in [0, 0.1) is 0 Å². The maximum Gasteiger partial charge on any atom is 0.217 e. The number of methoxy groups -OCH3 is 2. The number of benzene rings is 2. The van der Waals surface area contributed by atoms with Gasteiger partial charge in [0.1, 0.15) is 11.5 Å². The molecule has 5 nitrogen and oxygen atoms in total. The normalized spacial score (nSPS) is 13.0. The summed E-state index contributed by atoms with van der Waals surface area (Å²) in [5.41, 5.74) is 1.84. The summed E-state index contributed by atoms with van der Waals surface area (Å²) in [5, 5.41) is -0.461. The number of allylic oxidation sites excluding steroid dienone is 1. The first kappa shape index (κ1) is 28.3. The van der Waals surface area contributed by atoms with Gasteiger partial charge in [-0.15, -0.1) is 6.58 Å². The third kappa shape index (κ3) is 9.01. The molecule has 2 rings (SSSR count). The van der Waals surface area contributed by atoms with Gasteiger partial charge in [-0.3, -0.25) is 0 Å². The van der Waals surface area contributed by atoms with Gasteiger partial charge in [-0.2, -0.15) is 16.1 Å². The van der Waals surface area contributed by atoms with E-state index in [1.54, 1.807) is 36.4 Å². The maximum absolute atomic E-state index is 14.0. The Kier molecular flexibility index (Phi) is 11.0. The monoisotopic (exact) mass is 505 g/mol. The number of ether oxygens (including phenoxy) is 2. The average molecular weight is 506 g/mol. The molecule has 34 heavy (non-hydrogen) atoms. The molecule has 0 aliphatic heterocycles. The zero-order valence-corrected chi connectivity index (χ0v) is 22.8. The van der Waals surface area contributed by atoms with Gasteiger partial charge in [0.25, 0.3) is 0 Å². The van der Waals surface area contributed by atoms with Crippen molar-refractivity contribution >= 4 is 21.8 Å². The van der Waals surface area contributed by atoms with E-state index in [0.29, 0.717) is 32.4 Å². The molecule has 0 aliphatic rings. The Hall–Kier alpha value is -1.96. The van der Waals surface area contributed by atoms with Crippen LogP contribution in [0.25, 0.3) is 0 Å². The van der Waals surface area contributed by atoms with E-state index in [2.05, 4.69) is 27.4 Å². The SMILES string of the molecule is C=CCC[C@H](CCSC(C)(C)C)S(=O)(=O)N(Cc1ccc(OC)cc1)Cc1ccc(OC)cc1. The quantitative estimate of drug-likeness (QED) is 0.282. The highest BCUT2D eigenvalue weighted by molar-refractivity contribution is 8.00. The summed E-state index contributed by atoms with van der Waals surface area (Å²) in [7, 11) is -0.331. The molecule has 7 heteroatoms. The highest BCUT2D eigenvalue weighted by Crippen LogP contribution is 2.29. The summed E-state index contributed by atoms with van der Waals surface area (Å²) in [4.78, 5) is 0. The van der Waals surface area contributed by atoms with E-state index in [1.807, 2.05) is 48.5 Å². The average Bonchev–Trinajstić information content (AvgIpc) is 2.81. The van der Waals surface area contributed by atoms with E-state index < -0.39 is 15.3 Å². The number of thioether (sulfide) groups is 1. The van der Waals surface area contributed by atoms with E-state index in [4.69, 9.17) is 9.47 Å². The molecule has 0 saturated carbocycles. The van der Waals surface area contributed by atoms with Crippen LogP contribution in [0.3, 0.4) is 0 Å². The molecule has 1 atom stereocenters. The van der Waals surface area contributed by atoms with E-state index in [1.165, 1.54) is 0 Å².